The third kappa shape index (κ3) is 2.72. The molecule has 20 heavy (non-hydrogen) atoms. The SMILES string of the molecule is CN1C2CC(C(N)=O)CC1CN(Cc1ccccc1)C2. The Morgan fingerprint density at radius 2 is 1.80 bits per heavy atom. The number of fused-ring (bicyclic) bond motifs is 2. The molecule has 4 heteroatoms. The number of piperidine rings is 1. The zero-order chi connectivity index (χ0) is 14.1. The highest BCUT2D eigenvalue weighted by molar-refractivity contribution is 5.76. The molecular weight excluding hydrogens is 250 g/mol. The molecule has 0 radical (unpaired) electrons. The van der Waals surface area contributed by atoms with Crippen molar-refractivity contribution in [3.63, 3.8) is 0 Å². The lowest BCUT2D eigenvalue weighted by Gasteiger charge is -2.50. The van der Waals surface area contributed by atoms with E-state index in [2.05, 4.69) is 47.2 Å². The van der Waals surface area contributed by atoms with Gasteiger partial charge in [-0.25, -0.2) is 0 Å². The Kier molecular flexibility index (Phi) is 3.76. The topological polar surface area (TPSA) is 49.6 Å². The predicted molar refractivity (Wildman–Crippen MR) is 79.0 cm³/mol. The van der Waals surface area contributed by atoms with E-state index in [4.69, 9.17) is 5.73 Å². The Balaban J connectivity index is 1.67. The molecule has 1 aromatic carbocycles. The number of nitrogens with zero attached hydrogens (tertiary/aromatic N) is 2. The minimum atomic E-state index is -0.121. The molecule has 2 unspecified atom stereocenters. The van der Waals surface area contributed by atoms with E-state index in [0.717, 1.165) is 32.5 Å². The van der Waals surface area contributed by atoms with Gasteiger partial charge in [0.05, 0.1) is 0 Å². The molecule has 0 aromatic heterocycles. The van der Waals surface area contributed by atoms with Gasteiger partial charge in [-0.15, -0.1) is 0 Å². The highest BCUT2D eigenvalue weighted by Crippen LogP contribution is 2.31. The normalized spacial score (nSPS) is 31.1. The zero-order valence-electron chi connectivity index (χ0n) is 12.0. The Morgan fingerprint density at radius 3 is 2.35 bits per heavy atom. The molecule has 1 amide bonds. The summed E-state index contributed by atoms with van der Waals surface area (Å²) in [6.07, 6.45) is 1.82. The first-order chi connectivity index (χ1) is 9.63. The van der Waals surface area contributed by atoms with Crippen LogP contribution in [0.1, 0.15) is 18.4 Å². The first-order valence-electron chi connectivity index (χ1n) is 7.41. The molecule has 0 saturated carbocycles. The second-order valence-electron chi connectivity index (χ2n) is 6.22. The summed E-state index contributed by atoms with van der Waals surface area (Å²) in [5, 5.41) is 0. The molecule has 0 spiro atoms. The number of piperazine rings is 1. The second-order valence-corrected chi connectivity index (χ2v) is 6.22. The Labute approximate surface area is 120 Å². The fourth-order valence-corrected chi connectivity index (χ4v) is 3.66. The Bertz CT molecular complexity index is 460. The molecule has 2 atom stereocenters. The summed E-state index contributed by atoms with van der Waals surface area (Å²) in [7, 11) is 2.19. The maximum atomic E-state index is 11.5. The van der Waals surface area contributed by atoms with Gasteiger partial charge in [0.25, 0.3) is 0 Å². The molecule has 2 N–H and O–H groups in total. The van der Waals surface area contributed by atoms with Gasteiger partial charge in [-0.3, -0.25) is 14.6 Å². The quantitative estimate of drug-likeness (QED) is 0.896. The van der Waals surface area contributed by atoms with Crippen LogP contribution >= 0.6 is 0 Å². The predicted octanol–water partition coefficient (Wildman–Crippen LogP) is 1.07. The fourth-order valence-electron chi connectivity index (χ4n) is 3.66. The summed E-state index contributed by atoms with van der Waals surface area (Å²) >= 11 is 0. The maximum absolute atomic E-state index is 11.5. The lowest BCUT2D eigenvalue weighted by atomic mass is 9.83. The monoisotopic (exact) mass is 273 g/mol. The third-order valence-electron chi connectivity index (χ3n) is 4.85. The van der Waals surface area contributed by atoms with Crippen molar-refractivity contribution in [2.45, 2.75) is 31.5 Å². The minimum Gasteiger partial charge on any atom is -0.369 e. The van der Waals surface area contributed by atoms with Crippen molar-refractivity contribution in [3.8, 4) is 0 Å². The van der Waals surface area contributed by atoms with Crippen LogP contribution in [0.2, 0.25) is 0 Å². The summed E-state index contributed by atoms with van der Waals surface area (Å²) in [6, 6.07) is 11.5. The van der Waals surface area contributed by atoms with Gasteiger partial charge in [0.2, 0.25) is 5.91 Å². The van der Waals surface area contributed by atoms with Gasteiger partial charge in [-0.05, 0) is 25.5 Å². The molecule has 2 saturated heterocycles. The third-order valence-corrected chi connectivity index (χ3v) is 4.85. The molecule has 3 rings (SSSR count). The standard InChI is InChI=1S/C16H23N3O/c1-18-14-7-13(16(17)20)8-15(18)11-19(10-14)9-12-5-3-2-4-6-12/h2-6,13-15H,7-11H2,1H3,(H2,17,20). The van der Waals surface area contributed by atoms with Crippen LogP contribution < -0.4 is 5.73 Å². The molecule has 1 aromatic rings. The number of benzene rings is 1. The summed E-state index contributed by atoms with van der Waals surface area (Å²) in [4.78, 5) is 16.4. The first kappa shape index (κ1) is 13.6. The van der Waals surface area contributed by atoms with Crippen LogP contribution in [0.15, 0.2) is 30.3 Å². The second kappa shape index (κ2) is 5.54. The summed E-state index contributed by atoms with van der Waals surface area (Å²) in [5.74, 6) is -0.0512. The van der Waals surface area contributed by atoms with Crippen LogP contribution in [0.5, 0.6) is 0 Å². The molecule has 4 nitrogen and oxygen atoms in total. The number of amides is 1. The van der Waals surface area contributed by atoms with Gasteiger partial charge < -0.3 is 5.73 Å². The number of nitrogens with two attached hydrogens (primary N) is 1. The average molecular weight is 273 g/mol. The number of hydrogen-bond acceptors (Lipinski definition) is 3. The molecule has 108 valence electrons. The Morgan fingerprint density at radius 1 is 1.20 bits per heavy atom. The van der Waals surface area contributed by atoms with Crippen molar-refractivity contribution < 1.29 is 4.79 Å². The van der Waals surface area contributed by atoms with Crippen molar-refractivity contribution >= 4 is 5.91 Å². The zero-order valence-corrected chi connectivity index (χ0v) is 12.0. The van der Waals surface area contributed by atoms with Crippen LogP contribution in [0.4, 0.5) is 0 Å². The number of hydrogen-bond donors (Lipinski definition) is 1. The van der Waals surface area contributed by atoms with Crippen LogP contribution in [0.3, 0.4) is 0 Å². The van der Waals surface area contributed by atoms with E-state index in [9.17, 15) is 4.79 Å². The van der Waals surface area contributed by atoms with Crippen molar-refractivity contribution in [2.75, 3.05) is 20.1 Å². The van der Waals surface area contributed by atoms with Crippen molar-refractivity contribution in [2.24, 2.45) is 11.7 Å². The molecule has 0 aliphatic carbocycles. The largest absolute Gasteiger partial charge is 0.369 e. The number of carbonyl (C=O) groups excluding carboxylic acids is 1. The van der Waals surface area contributed by atoms with Crippen LogP contribution in [0.25, 0.3) is 0 Å². The Hall–Kier alpha value is -1.39. The van der Waals surface area contributed by atoms with Crippen molar-refractivity contribution in [1.29, 1.82) is 0 Å². The fraction of sp³-hybridized carbons (Fsp3) is 0.562. The van der Waals surface area contributed by atoms with Gasteiger partial charge >= 0.3 is 0 Å². The highest BCUT2D eigenvalue weighted by atomic mass is 16.1. The van der Waals surface area contributed by atoms with Gasteiger partial charge in [0.1, 0.15) is 0 Å². The van der Waals surface area contributed by atoms with E-state index in [1.807, 2.05) is 0 Å². The number of carbonyl (C=O) groups is 1. The number of likely N-dealkylation sites (tertiary alicyclic amines) is 1. The summed E-state index contributed by atoms with van der Waals surface area (Å²) < 4.78 is 0. The highest BCUT2D eigenvalue weighted by Gasteiger charge is 2.40. The van der Waals surface area contributed by atoms with Crippen LogP contribution in [0, 0.1) is 5.92 Å². The average Bonchev–Trinajstić information content (AvgIpc) is 2.40. The van der Waals surface area contributed by atoms with Crippen molar-refractivity contribution in [3.05, 3.63) is 35.9 Å². The smallest absolute Gasteiger partial charge is 0.220 e. The molecule has 2 fully saturated rings. The van der Waals surface area contributed by atoms with E-state index in [0.29, 0.717) is 12.1 Å². The molecule has 2 aliphatic heterocycles. The van der Waals surface area contributed by atoms with E-state index in [1.54, 1.807) is 0 Å². The van der Waals surface area contributed by atoms with Gasteiger partial charge in [-0.2, -0.15) is 0 Å². The molecular formula is C16H23N3O. The van der Waals surface area contributed by atoms with Gasteiger partial charge in [-0.1, -0.05) is 30.3 Å². The molecule has 2 heterocycles. The lowest BCUT2D eigenvalue weighted by molar-refractivity contribution is -0.126. The summed E-state index contributed by atoms with van der Waals surface area (Å²) in [6.45, 7) is 3.07. The minimum absolute atomic E-state index is 0.0695. The first-order valence-corrected chi connectivity index (χ1v) is 7.41. The van der Waals surface area contributed by atoms with E-state index in [-0.39, 0.29) is 11.8 Å². The lowest BCUT2D eigenvalue weighted by Crippen LogP contribution is -2.61. The van der Waals surface area contributed by atoms with E-state index in [1.165, 1.54) is 5.56 Å². The maximum Gasteiger partial charge on any atom is 0.220 e. The number of likely N-dealkylation sites (N-methyl/N-ethyl adjacent to an activating group) is 1. The van der Waals surface area contributed by atoms with E-state index >= 15 is 0 Å². The molecule has 2 aliphatic rings. The van der Waals surface area contributed by atoms with Crippen LogP contribution in [-0.2, 0) is 11.3 Å². The van der Waals surface area contributed by atoms with Crippen molar-refractivity contribution in [1.82, 2.24) is 9.80 Å². The van der Waals surface area contributed by atoms with Gasteiger partial charge in [0, 0.05) is 37.6 Å². The van der Waals surface area contributed by atoms with Gasteiger partial charge in [0.15, 0.2) is 0 Å². The number of rotatable bonds is 3. The van der Waals surface area contributed by atoms with E-state index < -0.39 is 0 Å². The number of primary amides is 1. The summed E-state index contributed by atoms with van der Waals surface area (Å²) in [5.41, 5.74) is 6.87. The van der Waals surface area contributed by atoms with Crippen LogP contribution in [-0.4, -0.2) is 47.9 Å². The molecule has 2 bridgehead atoms.